The summed E-state index contributed by atoms with van der Waals surface area (Å²) >= 11 is 0. The minimum atomic E-state index is -0.409. The van der Waals surface area contributed by atoms with Gasteiger partial charge in [0.1, 0.15) is 0 Å². The lowest BCUT2D eigenvalue weighted by molar-refractivity contribution is 0.362. The second kappa shape index (κ2) is 3.21. The van der Waals surface area contributed by atoms with Crippen molar-refractivity contribution < 1.29 is 4.74 Å². The third-order valence-electron chi connectivity index (χ3n) is 1.10. The van der Waals surface area contributed by atoms with Crippen LogP contribution in [0.2, 0.25) is 0 Å². The van der Waals surface area contributed by atoms with E-state index in [1.807, 2.05) is 0 Å². The number of H-pyrrole nitrogens is 1. The fourth-order valence-electron chi connectivity index (χ4n) is 0.698. The zero-order valence-electron chi connectivity index (χ0n) is 7.16. The molecule has 0 saturated carbocycles. The first-order valence-electron chi connectivity index (χ1n) is 3.38. The summed E-state index contributed by atoms with van der Waals surface area (Å²) in [4.78, 5) is 11.0. The maximum absolute atomic E-state index is 11.0. The van der Waals surface area contributed by atoms with E-state index in [4.69, 9.17) is 4.74 Å². The molecule has 0 unspecified atom stereocenters. The van der Waals surface area contributed by atoms with E-state index in [-0.39, 0.29) is 6.01 Å². The summed E-state index contributed by atoms with van der Waals surface area (Å²) in [5.41, 5.74) is 0.338. The first kappa shape index (κ1) is 8.51. The van der Waals surface area contributed by atoms with Crippen molar-refractivity contribution in [3.8, 4) is 6.01 Å². The Hall–Kier alpha value is -1.59. The third kappa shape index (κ3) is 1.52. The molecule has 0 bridgehead atoms. The number of hydrogen-bond donors (Lipinski definition) is 1. The molecule has 0 amide bonds. The molecule has 0 aliphatic heterocycles. The number of ether oxygens (including phenoxy) is 1. The second-order valence-corrected chi connectivity index (χ2v) is 2.37. The van der Waals surface area contributed by atoms with Crippen LogP contribution in [-0.4, -0.2) is 27.7 Å². The summed E-state index contributed by atoms with van der Waals surface area (Å²) in [6, 6.07) is 0.154. The van der Waals surface area contributed by atoms with Crippen molar-refractivity contribution in [2.75, 3.05) is 7.11 Å². The predicted octanol–water partition coefficient (Wildman–Crippen LogP) is -0.176. The van der Waals surface area contributed by atoms with E-state index in [2.05, 4.69) is 15.3 Å². The van der Waals surface area contributed by atoms with E-state index in [1.165, 1.54) is 7.11 Å². The van der Waals surface area contributed by atoms with Gasteiger partial charge in [-0.25, -0.2) is 9.89 Å². The summed E-state index contributed by atoms with van der Waals surface area (Å²) in [6.45, 7) is 3.55. The smallest absolute Gasteiger partial charge is 0.367 e. The number of aromatic amines is 1. The third-order valence-corrected chi connectivity index (χ3v) is 1.10. The van der Waals surface area contributed by atoms with Crippen LogP contribution in [0.15, 0.2) is 9.90 Å². The minimum absolute atomic E-state index is 0.154. The van der Waals surface area contributed by atoms with E-state index in [9.17, 15) is 4.79 Å². The zero-order valence-corrected chi connectivity index (χ0v) is 7.16. The predicted molar refractivity (Wildman–Crippen MR) is 43.6 cm³/mol. The normalized spacial score (nSPS) is 9.58. The molecule has 1 aromatic heterocycles. The number of aromatic nitrogens is 3. The maximum Gasteiger partial charge on any atom is 0.367 e. The van der Waals surface area contributed by atoms with Crippen molar-refractivity contribution in [2.24, 2.45) is 5.10 Å². The largest absolute Gasteiger partial charge is 0.466 e. The molecule has 0 radical (unpaired) electrons. The molecular formula is C6H10N4O2. The molecule has 6 nitrogen and oxygen atoms in total. The Morgan fingerprint density at radius 1 is 1.67 bits per heavy atom. The standard InChI is InChI=1S/C6H10N4O2/c1-4(2)9-10-5(11)7-8-6(10)12-3/h1-3H3,(H,7,11). The van der Waals surface area contributed by atoms with Crippen LogP contribution in [0.5, 0.6) is 6.01 Å². The van der Waals surface area contributed by atoms with Crippen molar-refractivity contribution >= 4 is 5.71 Å². The highest BCUT2D eigenvalue weighted by molar-refractivity contribution is 5.78. The Balaban J connectivity index is 3.20. The number of methoxy groups -OCH3 is 1. The first-order chi connectivity index (χ1) is 5.65. The van der Waals surface area contributed by atoms with Gasteiger partial charge in [0.2, 0.25) is 0 Å². The maximum atomic E-state index is 11.0. The Labute approximate surface area is 68.9 Å². The van der Waals surface area contributed by atoms with E-state index < -0.39 is 5.69 Å². The molecule has 0 aliphatic carbocycles. The Kier molecular flexibility index (Phi) is 2.27. The minimum Gasteiger partial charge on any atom is -0.466 e. The van der Waals surface area contributed by atoms with Gasteiger partial charge in [0.15, 0.2) is 0 Å². The van der Waals surface area contributed by atoms with Crippen LogP contribution in [0, 0.1) is 0 Å². The summed E-state index contributed by atoms with van der Waals surface area (Å²) in [7, 11) is 1.42. The average Bonchev–Trinajstić information content (AvgIpc) is 2.32. The molecule has 6 heteroatoms. The van der Waals surface area contributed by atoms with Gasteiger partial charge in [0.05, 0.1) is 7.11 Å². The van der Waals surface area contributed by atoms with E-state index >= 15 is 0 Å². The van der Waals surface area contributed by atoms with Gasteiger partial charge < -0.3 is 4.74 Å². The molecular weight excluding hydrogens is 160 g/mol. The topological polar surface area (TPSA) is 72.3 Å². The van der Waals surface area contributed by atoms with Gasteiger partial charge >= 0.3 is 11.7 Å². The van der Waals surface area contributed by atoms with E-state index in [0.29, 0.717) is 0 Å². The van der Waals surface area contributed by atoms with Gasteiger partial charge in [-0.05, 0) is 13.8 Å². The van der Waals surface area contributed by atoms with Crippen LogP contribution >= 0.6 is 0 Å². The summed E-state index contributed by atoms with van der Waals surface area (Å²) in [6.07, 6.45) is 0. The van der Waals surface area contributed by atoms with Crippen LogP contribution in [0.4, 0.5) is 0 Å². The van der Waals surface area contributed by atoms with Crippen molar-refractivity contribution in [1.29, 1.82) is 0 Å². The molecule has 66 valence electrons. The molecule has 0 fully saturated rings. The Morgan fingerprint density at radius 3 is 2.83 bits per heavy atom. The molecule has 1 aromatic rings. The van der Waals surface area contributed by atoms with E-state index in [1.54, 1.807) is 13.8 Å². The first-order valence-corrected chi connectivity index (χ1v) is 3.38. The summed E-state index contributed by atoms with van der Waals surface area (Å²) in [5, 5.41) is 9.69. The van der Waals surface area contributed by atoms with Gasteiger partial charge in [-0.15, -0.1) is 9.77 Å². The summed E-state index contributed by atoms with van der Waals surface area (Å²) < 4.78 is 5.85. The highest BCUT2D eigenvalue weighted by atomic mass is 16.5. The van der Waals surface area contributed by atoms with Crippen LogP contribution in [0.3, 0.4) is 0 Å². The van der Waals surface area contributed by atoms with Gasteiger partial charge in [0, 0.05) is 5.71 Å². The van der Waals surface area contributed by atoms with E-state index in [0.717, 1.165) is 10.4 Å². The van der Waals surface area contributed by atoms with Gasteiger partial charge in [-0.1, -0.05) is 0 Å². The lowest BCUT2D eigenvalue weighted by Crippen LogP contribution is -2.14. The Bertz CT molecular complexity index is 345. The highest BCUT2D eigenvalue weighted by Crippen LogP contribution is 1.99. The number of rotatable bonds is 2. The van der Waals surface area contributed by atoms with Crippen LogP contribution in [-0.2, 0) is 0 Å². The molecule has 0 saturated heterocycles. The van der Waals surface area contributed by atoms with Crippen LogP contribution < -0.4 is 10.4 Å². The van der Waals surface area contributed by atoms with Crippen molar-refractivity contribution in [3.63, 3.8) is 0 Å². The molecule has 1 N–H and O–H groups in total. The SMILES string of the molecule is COc1n[nH]c(=O)n1N=C(C)C. The fourth-order valence-corrected chi connectivity index (χ4v) is 0.698. The van der Waals surface area contributed by atoms with Crippen LogP contribution in [0.25, 0.3) is 0 Å². The summed E-state index contributed by atoms with van der Waals surface area (Å²) in [5.74, 6) is 0. The van der Waals surface area contributed by atoms with Gasteiger partial charge in [-0.3, -0.25) is 0 Å². The molecule has 12 heavy (non-hydrogen) atoms. The quantitative estimate of drug-likeness (QED) is 0.626. The monoisotopic (exact) mass is 170 g/mol. The molecule has 1 heterocycles. The van der Waals surface area contributed by atoms with Crippen molar-refractivity contribution in [1.82, 2.24) is 14.9 Å². The average molecular weight is 170 g/mol. The fraction of sp³-hybridized carbons (Fsp3) is 0.500. The number of nitrogens with zero attached hydrogens (tertiary/aromatic N) is 3. The van der Waals surface area contributed by atoms with Crippen LogP contribution in [0.1, 0.15) is 13.8 Å². The number of nitrogens with one attached hydrogen (secondary N) is 1. The second-order valence-electron chi connectivity index (χ2n) is 2.37. The van der Waals surface area contributed by atoms with Gasteiger partial charge in [-0.2, -0.15) is 5.10 Å². The lowest BCUT2D eigenvalue weighted by Gasteiger charge is -1.96. The zero-order chi connectivity index (χ0) is 9.14. The molecule has 0 spiro atoms. The van der Waals surface area contributed by atoms with Crippen molar-refractivity contribution in [3.05, 3.63) is 10.5 Å². The number of hydrogen-bond acceptors (Lipinski definition) is 4. The van der Waals surface area contributed by atoms with Gasteiger partial charge in [0.25, 0.3) is 0 Å². The van der Waals surface area contributed by atoms with Crippen molar-refractivity contribution in [2.45, 2.75) is 13.8 Å². The lowest BCUT2D eigenvalue weighted by atomic mass is 10.5. The molecule has 1 rings (SSSR count). The molecule has 0 atom stereocenters. The highest BCUT2D eigenvalue weighted by Gasteiger charge is 2.05. The molecule has 0 aromatic carbocycles. The molecule has 0 aliphatic rings. The Morgan fingerprint density at radius 2 is 2.33 bits per heavy atom.